The number of nitrogens with zero attached hydrogens (tertiary/aromatic N) is 1. The maximum Gasteiger partial charge on any atom is 0.409 e. The number of alkyl carbamates (subject to hydrolysis) is 1. The second-order valence-electron chi connectivity index (χ2n) is 13.3. The lowest BCUT2D eigenvalue weighted by Crippen LogP contribution is -2.63. The van der Waals surface area contributed by atoms with Gasteiger partial charge < -0.3 is 55.0 Å². The zero-order valence-corrected chi connectivity index (χ0v) is 30.4. The molecule has 3 aliphatic rings. The second-order valence-corrected chi connectivity index (χ2v) is 14.1. The van der Waals surface area contributed by atoms with E-state index >= 15 is 0 Å². The van der Waals surface area contributed by atoms with Gasteiger partial charge in [0.2, 0.25) is 6.41 Å². The average Bonchev–Trinajstić information content (AvgIpc) is 3.75. The van der Waals surface area contributed by atoms with Gasteiger partial charge in [0.15, 0.2) is 5.72 Å². The van der Waals surface area contributed by atoms with Crippen LogP contribution in [0.4, 0.5) is 21.9 Å². The predicted octanol–water partition coefficient (Wildman–Crippen LogP) is 4.56. The molecule has 3 aliphatic heterocycles. The van der Waals surface area contributed by atoms with Crippen LogP contribution in [0.25, 0.3) is 0 Å². The van der Waals surface area contributed by atoms with Crippen molar-refractivity contribution < 1.29 is 43.8 Å². The van der Waals surface area contributed by atoms with Crippen molar-refractivity contribution in [1.82, 2.24) is 5.32 Å². The summed E-state index contributed by atoms with van der Waals surface area (Å²) in [5.74, 6) is -0.0341. The number of halogens is 2. The van der Waals surface area contributed by atoms with Crippen LogP contribution in [0.2, 0.25) is 10.0 Å². The Morgan fingerprint density at radius 3 is 2.64 bits per heavy atom. The monoisotopic (exact) mass is 736 g/mol. The SMILES string of the molecule is COc1cc2cc(c1Cl)N(C)C(O)C[C@H](OC(O)Nc1ccc(Cl)cc1N)[C@]1(C)O[C@H]1[C@H](C)[C@@H]1C[C@@](O)(NC(=O)O1)[C@H](OC)/C=C/C=C(\C)C2. The fourth-order valence-electron chi connectivity index (χ4n) is 6.75. The number of carbonyl (C=O) groups excluding carboxylic acids is 1. The van der Waals surface area contributed by atoms with Gasteiger partial charge in [0.1, 0.15) is 34.8 Å². The van der Waals surface area contributed by atoms with Crippen molar-refractivity contribution >= 4 is 46.4 Å². The smallest absolute Gasteiger partial charge is 0.409 e. The zero-order valence-electron chi connectivity index (χ0n) is 28.9. The van der Waals surface area contributed by atoms with Crippen LogP contribution in [0.1, 0.15) is 39.2 Å². The van der Waals surface area contributed by atoms with E-state index in [1.54, 1.807) is 43.2 Å². The number of methoxy groups -OCH3 is 2. The molecule has 0 spiro atoms. The Morgan fingerprint density at radius 2 is 1.96 bits per heavy atom. The lowest BCUT2D eigenvalue weighted by atomic mass is 9.83. The number of nitrogens with two attached hydrogens (primary N) is 1. The molecule has 4 bridgehead atoms. The van der Waals surface area contributed by atoms with Crippen LogP contribution in [0.3, 0.4) is 0 Å². The first-order valence-corrected chi connectivity index (χ1v) is 17.0. The number of nitrogen functional groups attached to an aromatic ring is 1. The molecule has 7 N–H and O–H groups in total. The Hall–Kier alpha value is -3.27. The predicted molar refractivity (Wildman–Crippen MR) is 190 cm³/mol. The summed E-state index contributed by atoms with van der Waals surface area (Å²) in [6, 6.07) is 8.45. The standard InChI is InChI=1S/C35H46Cl2N4O9/c1-18-8-7-9-27(47-6)35(45)17-26(48-33(44)40-35)19(2)31-34(3,50-31)28(49-32(43)39-23-11-10-21(36)15-22(23)38)16-29(42)41(4)24-13-20(12-18)14-25(46-5)30(24)37/h7-11,13-15,19,26-29,31-32,39,42-43,45H,12,16-17,38H2,1-6H3,(H,40,44)/b9-7+,18-8+/t19-,26+,27-,28+,29?,31+,32?,34+,35+/m1/s1. The summed E-state index contributed by atoms with van der Waals surface area (Å²) in [7, 11) is 4.66. The number of anilines is 3. The van der Waals surface area contributed by atoms with Crippen LogP contribution >= 0.6 is 23.2 Å². The number of hydrogen-bond donors (Lipinski definition) is 6. The van der Waals surface area contributed by atoms with E-state index in [9.17, 15) is 20.1 Å². The topological polar surface area (TPSA) is 181 Å². The lowest BCUT2D eigenvalue weighted by molar-refractivity contribution is -0.147. The molecule has 9 atom stereocenters. The van der Waals surface area contributed by atoms with Crippen LogP contribution in [0.5, 0.6) is 5.75 Å². The van der Waals surface area contributed by atoms with Gasteiger partial charge in [-0.15, -0.1) is 0 Å². The van der Waals surface area contributed by atoms with Crippen LogP contribution < -0.4 is 26.0 Å². The number of rotatable bonds is 6. The van der Waals surface area contributed by atoms with Crippen molar-refractivity contribution in [3.63, 3.8) is 0 Å². The number of aliphatic hydroxyl groups is 3. The number of aliphatic hydroxyl groups excluding tert-OH is 2. The highest BCUT2D eigenvalue weighted by Gasteiger charge is 2.63. The van der Waals surface area contributed by atoms with E-state index in [1.165, 1.54) is 20.3 Å². The Bertz CT molecular complexity index is 1630. The molecule has 0 saturated carbocycles. The molecule has 50 heavy (non-hydrogen) atoms. The van der Waals surface area contributed by atoms with E-state index < -0.39 is 60.4 Å². The number of hydrogen-bond acceptors (Lipinski definition) is 12. The molecule has 0 aliphatic carbocycles. The van der Waals surface area contributed by atoms with E-state index in [-0.39, 0.29) is 12.8 Å². The molecule has 2 saturated heterocycles. The summed E-state index contributed by atoms with van der Waals surface area (Å²) in [5, 5.41) is 40.6. The summed E-state index contributed by atoms with van der Waals surface area (Å²) < 4.78 is 29.3. The molecule has 274 valence electrons. The van der Waals surface area contributed by atoms with Gasteiger partial charge in [0.05, 0.1) is 36.4 Å². The first-order chi connectivity index (χ1) is 23.6. The van der Waals surface area contributed by atoms with E-state index in [2.05, 4.69) is 10.6 Å². The van der Waals surface area contributed by atoms with Crippen molar-refractivity contribution in [2.24, 2.45) is 5.92 Å². The largest absolute Gasteiger partial charge is 0.495 e. The van der Waals surface area contributed by atoms with Gasteiger partial charge >= 0.3 is 6.09 Å². The van der Waals surface area contributed by atoms with Crippen LogP contribution in [0, 0.1) is 5.92 Å². The van der Waals surface area contributed by atoms with Gasteiger partial charge in [0, 0.05) is 37.9 Å². The molecule has 5 rings (SSSR count). The number of allylic oxidation sites excluding steroid dienone is 3. The fraction of sp³-hybridized carbons (Fsp3) is 0.514. The highest BCUT2D eigenvalue weighted by atomic mass is 35.5. The van der Waals surface area contributed by atoms with Crippen molar-refractivity contribution in [1.29, 1.82) is 0 Å². The Balaban J connectivity index is 1.53. The lowest BCUT2D eigenvalue weighted by Gasteiger charge is -2.42. The van der Waals surface area contributed by atoms with Gasteiger partial charge in [0.25, 0.3) is 0 Å². The molecule has 13 nitrogen and oxygen atoms in total. The fourth-order valence-corrected chi connectivity index (χ4v) is 7.25. The number of fused-ring (bicyclic) bond motifs is 5. The van der Waals surface area contributed by atoms with Crippen molar-refractivity contribution in [3.8, 4) is 5.75 Å². The molecule has 2 fully saturated rings. The van der Waals surface area contributed by atoms with E-state index in [1.807, 2.05) is 32.1 Å². The first kappa shape index (κ1) is 38.0. The molecule has 2 aromatic carbocycles. The molecule has 1 amide bonds. The summed E-state index contributed by atoms with van der Waals surface area (Å²) >= 11 is 12.8. The number of benzene rings is 2. The molecular weight excluding hydrogens is 691 g/mol. The van der Waals surface area contributed by atoms with Crippen molar-refractivity contribution in [2.75, 3.05) is 37.2 Å². The van der Waals surface area contributed by atoms with Gasteiger partial charge in [-0.3, -0.25) is 5.32 Å². The third-order valence-corrected chi connectivity index (χ3v) is 10.3. The number of ether oxygens (including phenoxy) is 5. The molecule has 2 aromatic rings. The quantitative estimate of drug-likeness (QED) is 0.139. The van der Waals surface area contributed by atoms with Gasteiger partial charge in [-0.25, -0.2) is 4.79 Å². The maximum atomic E-state index is 12.8. The van der Waals surface area contributed by atoms with Crippen molar-refractivity contribution in [3.05, 3.63) is 69.7 Å². The summed E-state index contributed by atoms with van der Waals surface area (Å²) in [5.41, 5.74) is 6.23. The van der Waals surface area contributed by atoms with E-state index in [0.717, 1.165) is 11.1 Å². The normalized spacial score (nSPS) is 33.9. The molecule has 0 radical (unpaired) electrons. The number of carbonyl (C=O) groups is 1. The molecule has 0 aromatic heterocycles. The molecule has 2 unspecified atom stereocenters. The van der Waals surface area contributed by atoms with Gasteiger partial charge in [-0.1, -0.05) is 53.9 Å². The number of amides is 1. The van der Waals surface area contributed by atoms with Crippen LogP contribution in [-0.4, -0.2) is 91.1 Å². The summed E-state index contributed by atoms with van der Waals surface area (Å²) in [6.07, 6.45) is -1.03. The number of nitrogens with one attached hydrogen (secondary N) is 2. The van der Waals surface area contributed by atoms with Gasteiger partial charge in [-0.05, 0) is 56.2 Å². The van der Waals surface area contributed by atoms with Crippen molar-refractivity contribution in [2.45, 2.75) is 88.4 Å². The third kappa shape index (κ3) is 8.11. The molecular formula is C35H46Cl2N4O9. The highest BCUT2D eigenvalue weighted by molar-refractivity contribution is 6.34. The third-order valence-electron chi connectivity index (χ3n) is 9.69. The zero-order chi connectivity index (χ0) is 36.5. The first-order valence-electron chi connectivity index (χ1n) is 16.3. The maximum absolute atomic E-state index is 12.8. The van der Waals surface area contributed by atoms with Crippen LogP contribution in [0.15, 0.2) is 54.1 Å². The minimum absolute atomic E-state index is 0.0115. The van der Waals surface area contributed by atoms with E-state index in [0.29, 0.717) is 39.3 Å². The van der Waals surface area contributed by atoms with E-state index in [4.69, 9.17) is 52.6 Å². The minimum Gasteiger partial charge on any atom is -0.495 e. The van der Waals surface area contributed by atoms with Crippen LogP contribution in [-0.2, 0) is 25.4 Å². The minimum atomic E-state index is -1.79. The second kappa shape index (κ2) is 15.1. The molecule has 15 heteroatoms. The Kier molecular flexibility index (Phi) is 11.5. The Labute approximate surface area is 301 Å². The highest BCUT2D eigenvalue weighted by Crippen LogP contribution is 2.49. The summed E-state index contributed by atoms with van der Waals surface area (Å²) in [4.78, 5) is 14.4. The number of epoxide rings is 1. The summed E-state index contributed by atoms with van der Waals surface area (Å²) in [6.45, 7) is 5.58. The average molecular weight is 738 g/mol. The van der Waals surface area contributed by atoms with Gasteiger partial charge in [-0.2, -0.15) is 0 Å². The molecule has 3 heterocycles. The Morgan fingerprint density at radius 1 is 1.22 bits per heavy atom.